The number of carbonyl (C=O) groups is 1. The highest BCUT2D eigenvalue weighted by molar-refractivity contribution is 5.78. The number of ether oxygens (including phenoxy) is 1. The number of amides is 1. The van der Waals surface area contributed by atoms with E-state index in [0.29, 0.717) is 19.8 Å². The molecule has 0 fully saturated rings. The average Bonchev–Trinajstić information content (AvgIpc) is 2.24. The highest BCUT2D eigenvalue weighted by Gasteiger charge is 2.10. The Hall–Kier alpha value is -0.870. The summed E-state index contributed by atoms with van der Waals surface area (Å²) >= 11 is 0. The topological polar surface area (TPSA) is 50.4 Å². The normalized spacial score (nSPS) is 12.2. The van der Waals surface area contributed by atoms with Crippen LogP contribution in [0.15, 0.2) is 12.2 Å². The highest BCUT2D eigenvalue weighted by atomic mass is 16.5. The Kier molecular flexibility index (Phi) is 8.85. The molecule has 0 saturated heterocycles. The average molecular weight is 228 g/mol. The van der Waals surface area contributed by atoms with Crippen LogP contribution in [0.4, 0.5) is 0 Å². The first-order valence-electron chi connectivity index (χ1n) is 5.78. The minimum absolute atomic E-state index is 0.00101. The molecular weight excluding hydrogens is 204 g/mol. The first kappa shape index (κ1) is 15.1. The zero-order chi connectivity index (χ0) is 12.4. The summed E-state index contributed by atoms with van der Waals surface area (Å²) in [5.41, 5.74) is 0.992. The molecule has 1 amide bonds. The van der Waals surface area contributed by atoms with Gasteiger partial charge in [0.15, 0.2) is 0 Å². The lowest BCUT2D eigenvalue weighted by atomic mass is 10.1. The largest absolute Gasteiger partial charge is 0.375 e. The van der Waals surface area contributed by atoms with Gasteiger partial charge in [-0.25, -0.2) is 0 Å². The summed E-state index contributed by atoms with van der Waals surface area (Å²) in [5, 5.41) is 5.97. The van der Waals surface area contributed by atoms with Crippen molar-refractivity contribution in [3.63, 3.8) is 0 Å². The minimum Gasteiger partial charge on any atom is -0.375 e. The molecule has 0 aromatic heterocycles. The fourth-order valence-corrected chi connectivity index (χ4v) is 1.12. The lowest BCUT2D eigenvalue weighted by molar-refractivity contribution is -0.124. The predicted molar refractivity (Wildman–Crippen MR) is 66.4 cm³/mol. The Morgan fingerprint density at radius 1 is 1.50 bits per heavy atom. The minimum atomic E-state index is 0.00101. The van der Waals surface area contributed by atoms with Crippen molar-refractivity contribution in [2.24, 2.45) is 5.92 Å². The number of nitrogens with one attached hydrogen (secondary N) is 2. The third-order valence-electron chi connectivity index (χ3n) is 2.04. The van der Waals surface area contributed by atoms with Crippen molar-refractivity contribution in [3.8, 4) is 0 Å². The van der Waals surface area contributed by atoms with Gasteiger partial charge in [-0.15, -0.1) is 0 Å². The van der Waals surface area contributed by atoms with E-state index >= 15 is 0 Å². The van der Waals surface area contributed by atoms with Gasteiger partial charge < -0.3 is 15.4 Å². The fraction of sp³-hybridized carbons (Fsp3) is 0.750. The zero-order valence-corrected chi connectivity index (χ0v) is 10.6. The molecule has 0 spiro atoms. The quantitative estimate of drug-likeness (QED) is 0.456. The summed E-state index contributed by atoms with van der Waals surface area (Å²) in [6, 6.07) is 0. The Morgan fingerprint density at radius 2 is 2.19 bits per heavy atom. The maximum absolute atomic E-state index is 11.5. The summed E-state index contributed by atoms with van der Waals surface area (Å²) in [5.74, 6) is 0.0703. The van der Waals surface area contributed by atoms with Gasteiger partial charge in [0.25, 0.3) is 0 Å². The van der Waals surface area contributed by atoms with Crippen molar-refractivity contribution in [2.75, 3.05) is 32.8 Å². The van der Waals surface area contributed by atoms with E-state index in [1.807, 2.05) is 20.8 Å². The van der Waals surface area contributed by atoms with Crippen LogP contribution in [0.1, 0.15) is 20.8 Å². The van der Waals surface area contributed by atoms with Crippen LogP contribution in [0.25, 0.3) is 0 Å². The number of rotatable bonds is 9. The lowest BCUT2D eigenvalue weighted by Gasteiger charge is -2.12. The molecule has 0 saturated carbocycles. The zero-order valence-electron chi connectivity index (χ0n) is 10.6. The van der Waals surface area contributed by atoms with Crippen molar-refractivity contribution in [2.45, 2.75) is 20.8 Å². The first-order chi connectivity index (χ1) is 7.57. The first-order valence-corrected chi connectivity index (χ1v) is 5.78. The van der Waals surface area contributed by atoms with Crippen LogP contribution in [0.2, 0.25) is 0 Å². The van der Waals surface area contributed by atoms with E-state index in [1.165, 1.54) is 0 Å². The summed E-state index contributed by atoms with van der Waals surface area (Å²) in [4.78, 5) is 11.5. The third-order valence-corrected chi connectivity index (χ3v) is 2.04. The van der Waals surface area contributed by atoms with Crippen molar-refractivity contribution < 1.29 is 9.53 Å². The van der Waals surface area contributed by atoms with E-state index in [9.17, 15) is 4.79 Å². The maximum atomic E-state index is 11.5. The summed E-state index contributed by atoms with van der Waals surface area (Å²) < 4.78 is 5.28. The molecule has 0 aliphatic carbocycles. The lowest BCUT2D eigenvalue weighted by Crippen LogP contribution is -2.36. The predicted octanol–water partition coefficient (Wildman–Crippen LogP) is 0.941. The van der Waals surface area contributed by atoms with Crippen molar-refractivity contribution in [3.05, 3.63) is 12.2 Å². The Balaban J connectivity index is 3.45. The van der Waals surface area contributed by atoms with Gasteiger partial charge in [-0.3, -0.25) is 4.79 Å². The van der Waals surface area contributed by atoms with Gasteiger partial charge in [0, 0.05) is 19.0 Å². The molecular formula is C12H24N2O2. The standard InChI is InChI=1S/C12H24N2O2/c1-5-13-8-11(4)12(15)14-6-7-16-9-10(2)3/h11,13H,2,5-9H2,1,3-4H3,(H,14,15). The van der Waals surface area contributed by atoms with Gasteiger partial charge in [0.2, 0.25) is 5.91 Å². The van der Waals surface area contributed by atoms with Crippen molar-refractivity contribution in [1.82, 2.24) is 10.6 Å². The summed E-state index contributed by atoms with van der Waals surface area (Å²) in [7, 11) is 0. The van der Waals surface area contributed by atoms with Crippen LogP contribution in [0, 0.1) is 5.92 Å². The Morgan fingerprint density at radius 3 is 2.75 bits per heavy atom. The number of carbonyl (C=O) groups excluding carboxylic acids is 1. The van der Waals surface area contributed by atoms with E-state index in [0.717, 1.165) is 18.7 Å². The molecule has 0 heterocycles. The van der Waals surface area contributed by atoms with Crippen LogP contribution >= 0.6 is 0 Å². The van der Waals surface area contributed by atoms with Gasteiger partial charge in [0.1, 0.15) is 0 Å². The summed E-state index contributed by atoms with van der Waals surface area (Å²) in [6.07, 6.45) is 0. The van der Waals surface area contributed by atoms with E-state index in [-0.39, 0.29) is 11.8 Å². The molecule has 1 unspecified atom stereocenters. The molecule has 0 aromatic carbocycles. The van der Waals surface area contributed by atoms with Crippen LogP contribution in [-0.4, -0.2) is 38.8 Å². The molecule has 4 heteroatoms. The van der Waals surface area contributed by atoms with E-state index in [1.54, 1.807) is 0 Å². The molecule has 0 bridgehead atoms. The molecule has 4 nitrogen and oxygen atoms in total. The third kappa shape index (κ3) is 8.44. The van der Waals surface area contributed by atoms with E-state index < -0.39 is 0 Å². The smallest absolute Gasteiger partial charge is 0.224 e. The monoisotopic (exact) mass is 228 g/mol. The van der Waals surface area contributed by atoms with Gasteiger partial charge in [-0.2, -0.15) is 0 Å². The van der Waals surface area contributed by atoms with E-state index in [2.05, 4.69) is 17.2 Å². The molecule has 94 valence electrons. The van der Waals surface area contributed by atoms with Gasteiger partial charge in [-0.1, -0.05) is 26.0 Å². The molecule has 0 aliphatic rings. The van der Waals surface area contributed by atoms with Gasteiger partial charge >= 0.3 is 0 Å². The Bertz CT molecular complexity index is 217. The van der Waals surface area contributed by atoms with Crippen LogP contribution in [0.3, 0.4) is 0 Å². The van der Waals surface area contributed by atoms with E-state index in [4.69, 9.17) is 4.74 Å². The van der Waals surface area contributed by atoms with Crippen LogP contribution in [0.5, 0.6) is 0 Å². The molecule has 0 rings (SSSR count). The van der Waals surface area contributed by atoms with Gasteiger partial charge in [-0.05, 0) is 13.5 Å². The summed E-state index contributed by atoms with van der Waals surface area (Å²) in [6.45, 7) is 12.8. The van der Waals surface area contributed by atoms with Gasteiger partial charge in [0.05, 0.1) is 13.2 Å². The number of hydrogen-bond acceptors (Lipinski definition) is 3. The molecule has 1 atom stereocenters. The molecule has 16 heavy (non-hydrogen) atoms. The molecule has 2 N–H and O–H groups in total. The SMILES string of the molecule is C=C(C)COCCNC(=O)C(C)CNCC. The maximum Gasteiger partial charge on any atom is 0.224 e. The second kappa shape index (κ2) is 9.36. The van der Waals surface area contributed by atoms with Crippen molar-refractivity contribution >= 4 is 5.91 Å². The molecule has 0 aliphatic heterocycles. The van der Waals surface area contributed by atoms with Crippen molar-refractivity contribution in [1.29, 1.82) is 0 Å². The molecule has 0 aromatic rings. The second-order valence-corrected chi connectivity index (χ2v) is 4.01. The highest BCUT2D eigenvalue weighted by Crippen LogP contribution is 1.92. The van der Waals surface area contributed by atoms with Crippen LogP contribution < -0.4 is 10.6 Å². The fourth-order valence-electron chi connectivity index (χ4n) is 1.12. The number of hydrogen-bond donors (Lipinski definition) is 2. The second-order valence-electron chi connectivity index (χ2n) is 4.01. The Labute approximate surface area is 98.4 Å². The van der Waals surface area contributed by atoms with Crippen LogP contribution in [-0.2, 0) is 9.53 Å². The molecule has 0 radical (unpaired) electrons.